The van der Waals surface area contributed by atoms with Gasteiger partial charge in [-0.05, 0) is 60.7 Å². The van der Waals surface area contributed by atoms with Crippen LogP contribution in [0.1, 0.15) is 63.2 Å². The molecular weight excluding hydrogens is 548 g/mol. The van der Waals surface area contributed by atoms with Crippen molar-refractivity contribution in [2.24, 2.45) is 11.8 Å². The van der Waals surface area contributed by atoms with Gasteiger partial charge in [0.25, 0.3) is 0 Å². The van der Waals surface area contributed by atoms with Crippen molar-refractivity contribution in [3.8, 4) is 6.07 Å². The number of ether oxygens (including phenoxy) is 1. The largest absolute Gasteiger partial charge is 0.441 e. The van der Waals surface area contributed by atoms with E-state index in [2.05, 4.69) is 22.0 Å². The van der Waals surface area contributed by atoms with E-state index in [-0.39, 0.29) is 34.1 Å². The highest BCUT2D eigenvalue weighted by molar-refractivity contribution is 8.16. The van der Waals surface area contributed by atoms with Crippen LogP contribution in [0.3, 0.4) is 0 Å². The molecule has 224 valence electrons. The fraction of sp³-hybridized carbons (Fsp3) is 0.485. The Labute approximate surface area is 251 Å². The summed E-state index contributed by atoms with van der Waals surface area (Å²) in [6, 6.07) is 20.4. The maximum Gasteiger partial charge on any atom is 0.408 e. The van der Waals surface area contributed by atoms with E-state index in [1.54, 1.807) is 0 Å². The van der Waals surface area contributed by atoms with Gasteiger partial charge >= 0.3 is 6.09 Å². The first-order valence-electron chi connectivity index (χ1n) is 14.9. The zero-order chi connectivity index (χ0) is 29.9. The average molecular weight is 591 g/mol. The first kappa shape index (κ1) is 31.3. The van der Waals surface area contributed by atoms with Crippen LogP contribution < -0.4 is 16.0 Å². The van der Waals surface area contributed by atoms with E-state index in [1.807, 2.05) is 74.5 Å². The molecule has 2 fully saturated rings. The van der Waals surface area contributed by atoms with Gasteiger partial charge in [0.15, 0.2) is 0 Å². The number of nitriles is 1. The topological polar surface area (TPSA) is 120 Å². The summed E-state index contributed by atoms with van der Waals surface area (Å²) in [6.07, 6.45) is 2.88. The quantitative estimate of drug-likeness (QED) is 0.304. The molecule has 0 bridgehead atoms. The summed E-state index contributed by atoms with van der Waals surface area (Å²) < 4.78 is 5.94. The summed E-state index contributed by atoms with van der Waals surface area (Å²) in [5.74, 6) is 1.34. The molecule has 2 aromatic carbocycles. The highest BCUT2D eigenvalue weighted by atomic mass is 32.2. The highest BCUT2D eigenvalue weighted by Gasteiger charge is 2.33. The van der Waals surface area contributed by atoms with Crippen molar-refractivity contribution in [1.29, 1.82) is 5.26 Å². The van der Waals surface area contributed by atoms with Crippen LogP contribution in [0.15, 0.2) is 60.7 Å². The second kappa shape index (κ2) is 15.5. The molecule has 4 atom stereocenters. The van der Waals surface area contributed by atoms with Gasteiger partial charge in [0.2, 0.25) is 11.8 Å². The van der Waals surface area contributed by atoms with E-state index in [0.29, 0.717) is 37.1 Å². The standard InChI is InChI=1S/C33H42N4O4S/c1-23(2)19-28(37-33(40)41-29(25-13-7-4-8-14-25)20-24-11-5-3-6-12-24)32(39)36-27(21-26-15-16-35-31(26)38)30(22-34)42-17-9-10-18-42/h3-8,11-14,23,26-29H,9-10,15-21H2,1-2H3,(H,35,38)(H,36,39)(H,37,40)/t26-,27-,28-,29?/m0/s1. The van der Waals surface area contributed by atoms with E-state index in [4.69, 9.17) is 4.74 Å². The van der Waals surface area contributed by atoms with Crippen LogP contribution >= 0.6 is 10.5 Å². The normalized spacial score (nSPS) is 18.9. The Morgan fingerprint density at radius 1 is 1.02 bits per heavy atom. The van der Waals surface area contributed by atoms with Gasteiger partial charge in [-0.1, -0.05) is 74.5 Å². The molecule has 0 aliphatic carbocycles. The number of hydrogen-bond donors (Lipinski definition) is 3. The summed E-state index contributed by atoms with van der Waals surface area (Å²) in [6.45, 7) is 4.58. The molecule has 3 N–H and O–H groups in total. The van der Waals surface area contributed by atoms with Crippen molar-refractivity contribution < 1.29 is 19.1 Å². The summed E-state index contributed by atoms with van der Waals surface area (Å²) in [5, 5.41) is 18.9. The van der Waals surface area contributed by atoms with Crippen molar-refractivity contribution >= 4 is 33.3 Å². The average Bonchev–Trinajstić information content (AvgIpc) is 3.66. The van der Waals surface area contributed by atoms with Gasteiger partial charge in [0.1, 0.15) is 18.2 Å². The van der Waals surface area contributed by atoms with Crippen molar-refractivity contribution in [2.45, 2.75) is 70.6 Å². The fourth-order valence-corrected chi connectivity index (χ4v) is 8.04. The van der Waals surface area contributed by atoms with Crippen LogP contribution in [0.25, 0.3) is 0 Å². The van der Waals surface area contributed by atoms with E-state index in [0.717, 1.165) is 35.5 Å². The summed E-state index contributed by atoms with van der Waals surface area (Å²) >= 11 is 0. The lowest BCUT2D eigenvalue weighted by Crippen LogP contribution is -2.52. The molecule has 0 radical (unpaired) electrons. The zero-order valence-electron chi connectivity index (χ0n) is 24.5. The van der Waals surface area contributed by atoms with Crippen LogP contribution in [0, 0.1) is 23.2 Å². The maximum atomic E-state index is 13.8. The lowest BCUT2D eigenvalue weighted by atomic mass is 9.95. The molecule has 1 unspecified atom stereocenters. The fourth-order valence-electron chi connectivity index (χ4n) is 5.61. The van der Waals surface area contributed by atoms with Crippen LogP contribution in [0.5, 0.6) is 0 Å². The molecule has 2 aliphatic heterocycles. The molecule has 3 amide bonds. The number of carbonyl (C=O) groups is 3. The molecule has 42 heavy (non-hydrogen) atoms. The van der Waals surface area contributed by atoms with Crippen molar-refractivity contribution in [3.63, 3.8) is 0 Å². The first-order valence-corrected chi connectivity index (χ1v) is 16.5. The Balaban J connectivity index is 1.51. The first-order chi connectivity index (χ1) is 20.3. The van der Waals surface area contributed by atoms with Gasteiger partial charge in [0.05, 0.1) is 10.9 Å². The van der Waals surface area contributed by atoms with Crippen LogP contribution in [0.2, 0.25) is 0 Å². The molecule has 2 aliphatic rings. The number of hydrogen-bond acceptors (Lipinski definition) is 5. The minimum absolute atomic E-state index is 0.0351. The second-order valence-electron chi connectivity index (χ2n) is 11.5. The lowest BCUT2D eigenvalue weighted by molar-refractivity contribution is -0.125. The Morgan fingerprint density at radius 3 is 2.29 bits per heavy atom. The third-order valence-electron chi connectivity index (χ3n) is 7.77. The maximum absolute atomic E-state index is 13.8. The minimum atomic E-state index is -0.850. The van der Waals surface area contributed by atoms with Crippen LogP contribution in [-0.2, 0) is 20.7 Å². The number of nitrogens with one attached hydrogen (secondary N) is 3. The third kappa shape index (κ3) is 8.93. The number of rotatable bonds is 12. The molecule has 0 saturated carbocycles. The van der Waals surface area contributed by atoms with Crippen molar-refractivity contribution in [2.75, 3.05) is 18.1 Å². The van der Waals surface area contributed by atoms with E-state index in [1.165, 1.54) is 0 Å². The molecule has 9 heteroatoms. The second-order valence-corrected chi connectivity index (χ2v) is 13.7. The molecule has 4 rings (SSSR count). The molecule has 2 saturated heterocycles. The van der Waals surface area contributed by atoms with Gasteiger partial charge in [-0.15, -0.1) is 0 Å². The van der Waals surface area contributed by atoms with Gasteiger partial charge in [-0.2, -0.15) is 15.7 Å². The SMILES string of the molecule is CC(C)C[C@H](NC(=O)OC(Cc1ccccc1)c1ccccc1)C(=O)N[C@@H](C[C@@H]1CCNC1=O)C(C#N)=S1CCCC1. The predicted molar refractivity (Wildman–Crippen MR) is 167 cm³/mol. The Bertz CT molecular complexity index is 1280. The zero-order valence-corrected chi connectivity index (χ0v) is 25.3. The summed E-state index contributed by atoms with van der Waals surface area (Å²) in [4.78, 5) is 40.1. The van der Waals surface area contributed by atoms with Crippen molar-refractivity contribution in [1.82, 2.24) is 16.0 Å². The van der Waals surface area contributed by atoms with Gasteiger partial charge in [-0.25, -0.2) is 4.79 Å². The monoisotopic (exact) mass is 590 g/mol. The molecule has 8 nitrogen and oxygen atoms in total. The molecule has 0 aromatic heterocycles. The van der Waals surface area contributed by atoms with E-state index < -0.39 is 24.3 Å². The number of amides is 3. The highest BCUT2D eigenvalue weighted by Crippen LogP contribution is 2.30. The smallest absolute Gasteiger partial charge is 0.408 e. The molecule has 2 aromatic rings. The number of carbonyl (C=O) groups excluding carboxylic acids is 3. The lowest BCUT2D eigenvalue weighted by Gasteiger charge is -2.27. The van der Waals surface area contributed by atoms with E-state index >= 15 is 0 Å². The number of nitrogens with zero attached hydrogens (tertiary/aromatic N) is 1. The number of alkyl carbamates (subject to hydrolysis) is 1. The van der Waals surface area contributed by atoms with Crippen LogP contribution in [0.4, 0.5) is 4.79 Å². The van der Waals surface area contributed by atoms with E-state index in [9.17, 15) is 19.6 Å². The Hall–Kier alpha value is -3.64. The Kier molecular flexibility index (Phi) is 11.6. The Morgan fingerprint density at radius 2 is 1.69 bits per heavy atom. The van der Waals surface area contributed by atoms with Crippen molar-refractivity contribution in [3.05, 3.63) is 71.8 Å². The minimum Gasteiger partial charge on any atom is -0.441 e. The summed E-state index contributed by atoms with van der Waals surface area (Å²) in [7, 11) is -0.209. The van der Waals surface area contributed by atoms with Gasteiger partial charge in [-0.3, -0.25) is 9.59 Å². The number of benzene rings is 2. The van der Waals surface area contributed by atoms with Crippen LogP contribution in [-0.4, -0.2) is 52.9 Å². The summed E-state index contributed by atoms with van der Waals surface area (Å²) in [5.41, 5.74) is 1.89. The molecule has 2 heterocycles. The van der Waals surface area contributed by atoms with Gasteiger partial charge in [0, 0.05) is 18.9 Å². The molecule has 0 spiro atoms. The third-order valence-corrected chi connectivity index (χ3v) is 10.3. The van der Waals surface area contributed by atoms with Gasteiger partial charge < -0.3 is 20.7 Å². The predicted octanol–water partition coefficient (Wildman–Crippen LogP) is 4.88. The molecular formula is C33H42N4O4S.